The van der Waals surface area contributed by atoms with Crippen LogP contribution in [0.3, 0.4) is 0 Å². The van der Waals surface area contributed by atoms with Crippen LogP contribution in [0.25, 0.3) is 0 Å². The topological polar surface area (TPSA) is 84.6 Å². The van der Waals surface area contributed by atoms with E-state index in [2.05, 4.69) is 5.32 Å². The Balaban J connectivity index is 2.56. The molecule has 0 amide bonds. The summed E-state index contributed by atoms with van der Waals surface area (Å²) in [5, 5.41) is 11.9. The summed E-state index contributed by atoms with van der Waals surface area (Å²) in [5.41, 5.74) is 6.29. The zero-order valence-electron chi connectivity index (χ0n) is 9.85. The molecule has 1 aromatic carbocycles. The molecule has 0 aliphatic carbocycles. The number of carboxylic acid groups (broad SMARTS) is 1. The van der Waals surface area contributed by atoms with Crippen molar-refractivity contribution in [3.05, 3.63) is 24.3 Å². The SMILES string of the molecule is CC(Oc1cccc(NCCCN)c1)C(=O)O. The molecule has 4 N–H and O–H groups in total. The second-order valence-electron chi connectivity index (χ2n) is 3.70. The fourth-order valence-electron chi connectivity index (χ4n) is 1.27. The Kier molecular flexibility index (Phi) is 5.29. The molecular weight excluding hydrogens is 220 g/mol. The Morgan fingerprint density at radius 2 is 2.35 bits per heavy atom. The smallest absolute Gasteiger partial charge is 0.344 e. The maximum absolute atomic E-state index is 10.6. The quantitative estimate of drug-likeness (QED) is 0.623. The van der Waals surface area contributed by atoms with E-state index in [1.807, 2.05) is 12.1 Å². The molecule has 5 nitrogen and oxygen atoms in total. The van der Waals surface area contributed by atoms with E-state index < -0.39 is 12.1 Å². The molecule has 1 atom stereocenters. The Morgan fingerprint density at radius 3 is 3.00 bits per heavy atom. The highest BCUT2D eigenvalue weighted by Gasteiger charge is 2.12. The third-order valence-corrected chi connectivity index (χ3v) is 2.20. The molecule has 1 rings (SSSR count). The summed E-state index contributed by atoms with van der Waals surface area (Å²) in [6.07, 6.45) is 0.0330. The molecule has 0 saturated carbocycles. The molecule has 0 radical (unpaired) electrons. The zero-order chi connectivity index (χ0) is 12.7. The van der Waals surface area contributed by atoms with Crippen LogP contribution in [0.4, 0.5) is 5.69 Å². The summed E-state index contributed by atoms with van der Waals surface area (Å²) in [6, 6.07) is 7.22. The van der Waals surface area contributed by atoms with Crippen molar-refractivity contribution in [3.63, 3.8) is 0 Å². The number of ether oxygens (including phenoxy) is 1. The van der Waals surface area contributed by atoms with Gasteiger partial charge in [0.25, 0.3) is 0 Å². The van der Waals surface area contributed by atoms with Gasteiger partial charge in [-0.25, -0.2) is 4.79 Å². The van der Waals surface area contributed by atoms with Gasteiger partial charge in [-0.2, -0.15) is 0 Å². The lowest BCUT2D eigenvalue weighted by Crippen LogP contribution is -2.22. The minimum Gasteiger partial charge on any atom is -0.479 e. The van der Waals surface area contributed by atoms with Gasteiger partial charge < -0.3 is 20.9 Å². The van der Waals surface area contributed by atoms with Crippen molar-refractivity contribution >= 4 is 11.7 Å². The summed E-state index contributed by atoms with van der Waals surface area (Å²) in [7, 11) is 0. The summed E-state index contributed by atoms with van der Waals surface area (Å²) in [5.74, 6) is -0.441. The number of nitrogens with two attached hydrogens (primary N) is 1. The molecule has 5 heteroatoms. The van der Waals surface area contributed by atoms with Crippen LogP contribution in [0.15, 0.2) is 24.3 Å². The van der Waals surface area contributed by atoms with Crippen molar-refractivity contribution in [1.29, 1.82) is 0 Å². The van der Waals surface area contributed by atoms with Crippen LogP contribution in [0.1, 0.15) is 13.3 Å². The standard InChI is InChI=1S/C12H18N2O3/c1-9(12(15)16)17-11-5-2-4-10(8-11)14-7-3-6-13/h2,4-5,8-9,14H,3,6-7,13H2,1H3,(H,15,16). The van der Waals surface area contributed by atoms with Gasteiger partial charge in [0.1, 0.15) is 5.75 Å². The average Bonchev–Trinajstić information content (AvgIpc) is 2.30. The number of rotatable bonds is 7. The fraction of sp³-hybridized carbons (Fsp3) is 0.417. The van der Waals surface area contributed by atoms with E-state index in [4.69, 9.17) is 15.6 Å². The summed E-state index contributed by atoms with van der Waals surface area (Å²) in [6.45, 7) is 2.92. The highest BCUT2D eigenvalue weighted by Crippen LogP contribution is 2.18. The summed E-state index contributed by atoms with van der Waals surface area (Å²) < 4.78 is 5.26. The van der Waals surface area contributed by atoms with E-state index in [-0.39, 0.29) is 0 Å². The van der Waals surface area contributed by atoms with Crippen LogP contribution in [-0.4, -0.2) is 30.3 Å². The highest BCUT2D eigenvalue weighted by atomic mass is 16.5. The molecule has 1 aromatic rings. The van der Waals surface area contributed by atoms with Crippen molar-refractivity contribution < 1.29 is 14.6 Å². The lowest BCUT2D eigenvalue weighted by molar-refractivity contribution is -0.144. The first kappa shape index (κ1) is 13.3. The number of aliphatic carboxylic acids is 1. The van der Waals surface area contributed by atoms with Crippen LogP contribution in [0.5, 0.6) is 5.75 Å². The van der Waals surface area contributed by atoms with Crippen LogP contribution >= 0.6 is 0 Å². The predicted octanol–water partition coefficient (Wildman–Crippen LogP) is 1.30. The summed E-state index contributed by atoms with van der Waals surface area (Å²) >= 11 is 0. The first-order valence-corrected chi connectivity index (χ1v) is 5.57. The van der Waals surface area contributed by atoms with Crippen LogP contribution in [-0.2, 0) is 4.79 Å². The highest BCUT2D eigenvalue weighted by molar-refractivity contribution is 5.72. The molecule has 0 aliphatic heterocycles. The molecule has 0 spiro atoms. The Bertz CT molecular complexity index is 369. The number of carboxylic acids is 1. The van der Waals surface area contributed by atoms with Crippen molar-refractivity contribution in [1.82, 2.24) is 0 Å². The van der Waals surface area contributed by atoms with Gasteiger partial charge in [0.15, 0.2) is 6.10 Å². The van der Waals surface area contributed by atoms with Crippen molar-refractivity contribution in [2.75, 3.05) is 18.4 Å². The molecule has 0 fully saturated rings. The molecule has 1 unspecified atom stereocenters. The maximum Gasteiger partial charge on any atom is 0.344 e. The van der Waals surface area contributed by atoms with Crippen molar-refractivity contribution in [2.24, 2.45) is 5.73 Å². The van der Waals surface area contributed by atoms with E-state index in [1.165, 1.54) is 6.92 Å². The van der Waals surface area contributed by atoms with Crippen LogP contribution in [0, 0.1) is 0 Å². The maximum atomic E-state index is 10.6. The molecular formula is C12H18N2O3. The Morgan fingerprint density at radius 1 is 1.59 bits per heavy atom. The first-order chi connectivity index (χ1) is 8.13. The van der Waals surface area contributed by atoms with Gasteiger partial charge in [0.05, 0.1) is 0 Å². The zero-order valence-corrected chi connectivity index (χ0v) is 9.85. The second-order valence-corrected chi connectivity index (χ2v) is 3.70. The lowest BCUT2D eigenvalue weighted by Gasteiger charge is -2.12. The largest absolute Gasteiger partial charge is 0.479 e. The van der Waals surface area contributed by atoms with E-state index in [0.717, 1.165) is 18.7 Å². The number of hydrogen-bond donors (Lipinski definition) is 3. The van der Waals surface area contributed by atoms with E-state index in [9.17, 15) is 4.79 Å². The van der Waals surface area contributed by atoms with Gasteiger partial charge in [-0.15, -0.1) is 0 Å². The van der Waals surface area contributed by atoms with Crippen LogP contribution < -0.4 is 15.8 Å². The summed E-state index contributed by atoms with van der Waals surface area (Å²) in [4.78, 5) is 10.6. The third kappa shape index (κ3) is 4.74. The molecule has 0 aromatic heterocycles. The van der Waals surface area contributed by atoms with E-state index >= 15 is 0 Å². The van der Waals surface area contributed by atoms with Gasteiger partial charge in [-0.3, -0.25) is 0 Å². The third-order valence-electron chi connectivity index (χ3n) is 2.20. The minimum absolute atomic E-state index is 0.539. The molecule has 0 bridgehead atoms. The molecule has 94 valence electrons. The van der Waals surface area contributed by atoms with Crippen LogP contribution in [0.2, 0.25) is 0 Å². The average molecular weight is 238 g/mol. The monoisotopic (exact) mass is 238 g/mol. The Labute approximate surface area is 101 Å². The Hall–Kier alpha value is -1.75. The number of benzene rings is 1. The van der Waals surface area contributed by atoms with Crippen molar-refractivity contribution in [2.45, 2.75) is 19.4 Å². The molecule has 0 saturated heterocycles. The normalized spacial score (nSPS) is 11.9. The molecule has 17 heavy (non-hydrogen) atoms. The lowest BCUT2D eigenvalue weighted by atomic mass is 10.3. The van der Waals surface area contributed by atoms with Gasteiger partial charge in [-0.05, 0) is 32.0 Å². The molecule has 0 aliphatic rings. The van der Waals surface area contributed by atoms with Crippen molar-refractivity contribution in [3.8, 4) is 5.75 Å². The van der Waals surface area contributed by atoms with Gasteiger partial charge >= 0.3 is 5.97 Å². The van der Waals surface area contributed by atoms with Gasteiger partial charge in [-0.1, -0.05) is 6.07 Å². The van der Waals surface area contributed by atoms with E-state index in [1.54, 1.807) is 12.1 Å². The number of carbonyl (C=O) groups is 1. The van der Waals surface area contributed by atoms with Gasteiger partial charge in [0, 0.05) is 18.3 Å². The number of hydrogen-bond acceptors (Lipinski definition) is 4. The minimum atomic E-state index is -0.980. The number of nitrogens with one attached hydrogen (secondary N) is 1. The second kappa shape index (κ2) is 6.75. The van der Waals surface area contributed by atoms with E-state index in [0.29, 0.717) is 12.3 Å². The number of anilines is 1. The predicted molar refractivity (Wildman–Crippen MR) is 66.3 cm³/mol. The fourth-order valence-corrected chi connectivity index (χ4v) is 1.27. The first-order valence-electron chi connectivity index (χ1n) is 5.57. The molecule has 0 heterocycles. The van der Waals surface area contributed by atoms with Gasteiger partial charge in [0.2, 0.25) is 0 Å².